The number of rotatable bonds is 5. The Kier molecular flexibility index (Phi) is 4.53. The van der Waals surface area contributed by atoms with Crippen molar-refractivity contribution in [2.45, 2.75) is 40.5 Å². The SMILES string of the molecule is CCCC(=O)c1cc(C)c(C)cc1OCC. The van der Waals surface area contributed by atoms with Crippen LogP contribution in [0.5, 0.6) is 5.75 Å². The van der Waals surface area contributed by atoms with E-state index in [-0.39, 0.29) is 5.78 Å². The van der Waals surface area contributed by atoms with Gasteiger partial charge < -0.3 is 4.74 Å². The average molecular weight is 220 g/mol. The standard InChI is InChI=1S/C14H20O2/c1-5-7-13(15)12-8-10(3)11(4)9-14(12)16-6-2/h8-9H,5-7H2,1-4H3. The molecule has 0 aromatic heterocycles. The van der Waals surface area contributed by atoms with E-state index in [0.717, 1.165) is 28.9 Å². The third-order valence-corrected chi connectivity index (χ3v) is 2.67. The van der Waals surface area contributed by atoms with Gasteiger partial charge in [-0.1, -0.05) is 6.92 Å². The van der Waals surface area contributed by atoms with Crippen LogP contribution < -0.4 is 4.74 Å². The van der Waals surface area contributed by atoms with Crippen LogP contribution in [0.1, 0.15) is 48.2 Å². The molecule has 2 nitrogen and oxygen atoms in total. The third kappa shape index (κ3) is 2.84. The number of ketones is 1. The Labute approximate surface area is 97.6 Å². The van der Waals surface area contributed by atoms with E-state index < -0.39 is 0 Å². The van der Waals surface area contributed by atoms with Gasteiger partial charge in [0.05, 0.1) is 12.2 Å². The maximum absolute atomic E-state index is 11.9. The summed E-state index contributed by atoms with van der Waals surface area (Å²) in [5.41, 5.74) is 3.03. The average Bonchev–Trinajstić information content (AvgIpc) is 2.23. The second-order valence-corrected chi connectivity index (χ2v) is 4.04. The number of benzene rings is 1. The molecule has 0 aliphatic carbocycles. The number of Topliss-reactive ketones (excluding diaryl/α,β-unsaturated/α-hetero) is 1. The van der Waals surface area contributed by atoms with Gasteiger partial charge in [-0.2, -0.15) is 0 Å². The second kappa shape index (κ2) is 5.69. The smallest absolute Gasteiger partial charge is 0.166 e. The molecule has 1 rings (SSSR count). The molecule has 2 heteroatoms. The van der Waals surface area contributed by atoms with Crippen LogP contribution in [0.15, 0.2) is 12.1 Å². The summed E-state index contributed by atoms with van der Waals surface area (Å²) >= 11 is 0. The van der Waals surface area contributed by atoms with Crippen molar-refractivity contribution in [3.8, 4) is 5.75 Å². The quantitative estimate of drug-likeness (QED) is 0.707. The van der Waals surface area contributed by atoms with E-state index >= 15 is 0 Å². The molecule has 0 amide bonds. The first-order chi connectivity index (χ1) is 7.60. The fourth-order valence-electron chi connectivity index (χ4n) is 1.64. The Morgan fingerprint density at radius 2 is 1.81 bits per heavy atom. The van der Waals surface area contributed by atoms with Crippen molar-refractivity contribution in [2.75, 3.05) is 6.61 Å². The molecule has 0 heterocycles. The molecular weight excluding hydrogens is 200 g/mol. The molecule has 1 aromatic rings. The van der Waals surface area contributed by atoms with Gasteiger partial charge in [0.15, 0.2) is 5.78 Å². The van der Waals surface area contributed by atoms with Crippen molar-refractivity contribution in [3.63, 3.8) is 0 Å². The highest BCUT2D eigenvalue weighted by Crippen LogP contribution is 2.25. The maximum Gasteiger partial charge on any atom is 0.166 e. The van der Waals surface area contributed by atoms with E-state index in [1.807, 2.05) is 39.8 Å². The lowest BCUT2D eigenvalue weighted by Crippen LogP contribution is -2.05. The van der Waals surface area contributed by atoms with E-state index in [4.69, 9.17) is 4.74 Å². The molecule has 0 saturated heterocycles. The van der Waals surface area contributed by atoms with Crippen LogP contribution in [-0.2, 0) is 0 Å². The van der Waals surface area contributed by atoms with Crippen LogP contribution >= 0.6 is 0 Å². The molecule has 0 bridgehead atoms. The van der Waals surface area contributed by atoms with Crippen molar-refractivity contribution >= 4 is 5.78 Å². The molecule has 0 aliphatic rings. The Morgan fingerprint density at radius 3 is 2.38 bits per heavy atom. The summed E-state index contributed by atoms with van der Waals surface area (Å²) in [5, 5.41) is 0. The van der Waals surface area contributed by atoms with Gasteiger partial charge in [-0.05, 0) is 50.5 Å². The van der Waals surface area contributed by atoms with Gasteiger partial charge in [-0.3, -0.25) is 4.79 Å². The molecule has 0 atom stereocenters. The molecule has 0 N–H and O–H groups in total. The highest BCUT2D eigenvalue weighted by Gasteiger charge is 2.13. The minimum atomic E-state index is 0.175. The number of aryl methyl sites for hydroxylation is 2. The summed E-state index contributed by atoms with van der Waals surface area (Å²) in [6.07, 6.45) is 1.46. The van der Waals surface area contributed by atoms with Crippen LogP contribution in [0.3, 0.4) is 0 Å². The highest BCUT2D eigenvalue weighted by atomic mass is 16.5. The molecule has 0 unspecified atom stereocenters. The molecule has 0 saturated carbocycles. The largest absolute Gasteiger partial charge is 0.493 e. The van der Waals surface area contributed by atoms with Crippen molar-refractivity contribution in [1.82, 2.24) is 0 Å². The Bertz CT molecular complexity index is 381. The van der Waals surface area contributed by atoms with Crippen LogP contribution in [0.25, 0.3) is 0 Å². The lowest BCUT2D eigenvalue weighted by atomic mass is 10.00. The number of hydrogen-bond donors (Lipinski definition) is 0. The van der Waals surface area contributed by atoms with Crippen molar-refractivity contribution in [1.29, 1.82) is 0 Å². The van der Waals surface area contributed by atoms with Gasteiger partial charge in [0.1, 0.15) is 5.75 Å². The van der Waals surface area contributed by atoms with Gasteiger partial charge in [0.25, 0.3) is 0 Å². The fourth-order valence-corrected chi connectivity index (χ4v) is 1.64. The van der Waals surface area contributed by atoms with Gasteiger partial charge in [-0.15, -0.1) is 0 Å². The normalized spacial score (nSPS) is 10.2. The lowest BCUT2D eigenvalue weighted by molar-refractivity contribution is 0.0978. The number of ether oxygens (including phenoxy) is 1. The zero-order valence-corrected chi connectivity index (χ0v) is 10.6. The van der Waals surface area contributed by atoms with Crippen molar-refractivity contribution in [3.05, 3.63) is 28.8 Å². The summed E-state index contributed by atoms with van der Waals surface area (Å²) in [6, 6.07) is 3.90. The second-order valence-electron chi connectivity index (χ2n) is 4.04. The van der Waals surface area contributed by atoms with Gasteiger partial charge >= 0.3 is 0 Å². The number of hydrogen-bond acceptors (Lipinski definition) is 2. The first kappa shape index (κ1) is 12.8. The van der Waals surface area contributed by atoms with E-state index in [9.17, 15) is 4.79 Å². The zero-order valence-electron chi connectivity index (χ0n) is 10.6. The summed E-state index contributed by atoms with van der Waals surface area (Å²) in [7, 11) is 0. The van der Waals surface area contributed by atoms with Gasteiger partial charge in [-0.25, -0.2) is 0 Å². The Hall–Kier alpha value is -1.31. The minimum absolute atomic E-state index is 0.175. The van der Waals surface area contributed by atoms with Crippen LogP contribution in [0.2, 0.25) is 0 Å². The van der Waals surface area contributed by atoms with Crippen LogP contribution in [0, 0.1) is 13.8 Å². The maximum atomic E-state index is 11.9. The predicted molar refractivity (Wildman–Crippen MR) is 66.3 cm³/mol. The predicted octanol–water partition coefficient (Wildman–Crippen LogP) is 3.68. The van der Waals surface area contributed by atoms with Gasteiger partial charge in [0, 0.05) is 6.42 Å². The number of carbonyl (C=O) groups is 1. The van der Waals surface area contributed by atoms with Crippen molar-refractivity contribution < 1.29 is 9.53 Å². The molecule has 1 aromatic carbocycles. The van der Waals surface area contributed by atoms with E-state index in [2.05, 4.69) is 0 Å². The van der Waals surface area contributed by atoms with Crippen LogP contribution in [0.4, 0.5) is 0 Å². The Balaban J connectivity index is 3.13. The summed E-state index contributed by atoms with van der Waals surface area (Å²) in [5.74, 6) is 0.901. The molecule has 88 valence electrons. The first-order valence-corrected chi connectivity index (χ1v) is 5.87. The molecule has 16 heavy (non-hydrogen) atoms. The number of carbonyl (C=O) groups excluding carboxylic acids is 1. The van der Waals surface area contributed by atoms with Gasteiger partial charge in [0.2, 0.25) is 0 Å². The Morgan fingerprint density at radius 1 is 1.19 bits per heavy atom. The zero-order chi connectivity index (χ0) is 12.1. The van der Waals surface area contributed by atoms with Crippen molar-refractivity contribution in [2.24, 2.45) is 0 Å². The summed E-state index contributed by atoms with van der Waals surface area (Å²) < 4.78 is 5.52. The molecular formula is C14H20O2. The topological polar surface area (TPSA) is 26.3 Å². The van der Waals surface area contributed by atoms with E-state index in [0.29, 0.717) is 13.0 Å². The molecule has 0 fully saturated rings. The van der Waals surface area contributed by atoms with Crippen LogP contribution in [-0.4, -0.2) is 12.4 Å². The first-order valence-electron chi connectivity index (χ1n) is 5.87. The summed E-state index contributed by atoms with van der Waals surface area (Å²) in [4.78, 5) is 11.9. The monoisotopic (exact) mass is 220 g/mol. The molecule has 0 radical (unpaired) electrons. The summed E-state index contributed by atoms with van der Waals surface area (Å²) in [6.45, 7) is 8.59. The lowest BCUT2D eigenvalue weighted by Gasteiger charge is -2.12. The molecule has 0 spiro atoms. The highest BCUT2D eigenvalue weighted by molar-refractivity contribution is 5.99. The molecule has 0 aliphatic heterocycles. The third-order valence-electron chi connectivity index (χ3n) is 2.67. The minimum Gasteiger partial charge on any atom is -0.493 e. The van der Waals surface area contributed by atoms with E-state index in [1.165, 1.54) is 0 Å². The fraction of sp³-hybridized carbons (Fsp3) is 0.500. The van der Waals surface area contributed by atoms with E-state index in [1.54, 1.807) is 0 Å².